The first kappa shape index (κ1) is 11.4. The fourth-order valence-electron chi connectivity index (χ4n) is 0.481. The summed E-state index contributed by atoms with van der Waals surface area (Å²) in [5.41, 5.74) is 0. The van der Waals surface area contributed by atoms with E-state index < -0.39 is 0 Å². The maximum absolute atomic E-state index is 10.8. The lowest BCUT2D eigenvalue weighted by Gasteiger charge is -2.09. The number of hydrogen-bond donors (Lipinski definition) is 1. The smallest absolute Gasteiger partial charge is 0.263 e. The van der Waals surface area contributed by atoms with Crippen molar-refractivity contribution in [1.29, 1.82) is 0 Å². The fourth-order valence-corrected chi connectivity index (χ4v) is 0.663. The van der Waals surface area contributed by atoms with E-state index in [0.29, 0.717) is 18.9 Å². The standard InChI is InChI=1S/C8H15NO2S/c1-4-7(10)9-8(12)11-5-6(2)3/h6H,4-5H2,1-3H3,(H,9,10,12). The molecule has 0 aromatic carbocycles. The quantitative estimate of drug-likeness (QED) is 0.683. The molecular formula is C8H15NO2S. The molecule has 0 heterocycles. The van der Waals surface area contributed by atoms with Crippen LogP contribution in [0.15, 0.2) is 0 Å². The minimum atomic E-state index is -0.108. The van der Waals surface area contributed by atoms with E-state index in [1.807, 2.05) is 13.8 Å². The van der Waals surface area contributed by atoms with Crippen LogP contribution in [0, 0.1) is 5.92 Å². The van der Waals surface area contributed by atoms with Crippen molar-refractivity contribution in [3.63, 3.8) is 0 Å². The first-order valence-electron chi connectivity index (χ1n) is 4.02. The van der Waals surface area contributed by atoms with Gasteiger partial charge in [-0.1, -0.05) is 20.8 Å². The fraction of sp³-hybridized carbons (Fsp3) is 0.750. The molecule has 0 aromatic heterocycles. The van der Waals surface area contributed by atoms with Gasteiger partial charge in [0.2, 0.25) is 5.91 Å². The first-order chi connectivity index (χ1) is 5.56. The minimum absolute atomic E-state index is 0.108. The second kappa shape index (κ2) is 5.94. The number of hydrogen-bond acceptors (Lipinski definition) is 3. The van der Waals surface area contributed by atoms with E-state index in [1.54, 1.807) is 6.92 Å². The normalized spacial score (nSPS) is 9.67. The predicted octanol–water partition coefficient (Wildman–Crippen LogP) is 1.47. The summed E-state index contributed by atoms with van der Waals surface area (Å²) in [4.78, 5) is 10.8. The second-order valence-electron chi connectivity index (χ2n) is 2.89. The van der Waals surface area contributed by atoms with E-state index in [2.05, 4.69) is 5.32 Å². The number of ether oxygens (including phenoxy) is 1. The van der Waals surface area contributed by atoms with Crippen molar-refractivity contribution in [2.45, 2.75) is 27.2 Å². The highest BCUT2D eigenvalue weighted by Crippen LogP contribution is 1.92. The molecule has 70 valence electrons. The molecular weight excluding hydrogens is 174 g/mol. The molecule has 0 rings (SSSR count). The molecule has 0 fully saturated rings. The highest BCUT2D eigenvalue weighted by Gasteiger charge is 2.02. The summed E-state index contributed by atoms with van der Waals surface area (Å²) < 4.78 is 5.08. The Hall–Kier alpha value is -0.640. The average molecular weight is 189 g/mol. The van der Waals surface area contributed by atoms with Crippen molar-refractivity contribution in [3.8, 4) is 0 Å². The summed E-state index contributed by atoms with van der Waals surface area (Å²) in [6.45, 7) is 6.34. The molecule has 1 amide bonds. The molecule has 0 saturated heterocycles. The van der Waals surface area contributed by atoms with Gasteiger partial charge in [0.05, 0.1) is 6.61 Å². The average Bonchev–Trinajstić information content (AvgIpc) is 2.00. The molecule has 0 aromatic rings. The molecule has 0 spiro atoms. The van der Waals surface area contributed by atoms with E-state index in [4.69, 9.17) is 17.0 Å². The largest absolute Gasteiger partial charge is 0.470 e. The second-order valence-corrected chi connectivity index (χ2v) is 3.26. The molecule has 0 bridgehead atoms. The third-order valence-corrected chi connectivity index (χ3v) is 1.33. The summed E-state index contributed by atoms with van der Waals surface area (Å²) in [7, 11) is 0. The van der Waals surface area contributed by atoms with Gasteiger partial charge in [-0.3, -0.25) is 10.1 Å². The lowest BCUT2D eigenvalue weighted by Crippen LogP contribution is -2.30. The highest BCUT2D eigenvalue weighted by molar-refractivity contribution is 7.80. The van der Waals surface area contributed by atoms with E-state index >= 15 is 0 Å². The van der Waals surface area contributed by atoms with E-state index in [9.17, 15) is 4.79 Å². The Morgan fingerprint density at radius 2 is 2.17 bits per heavy atom. The molecule has 4 heteroatoms. The maximum Gasteiger partial charge on any atom is 0.263 e. The van der Waals surface area contributed by atoms with Crippen molar-refractivity contribution in [2.24, 2.45) is 5.92 Å². The van der Waals surface area contributed by atoms with Gasteiger partial charge >= 0.3 is 0 Å². The zero-order valence-electron chi connectivity index (χ0n) is 7.72. The third kappa shape index (κ3) is 6.09. The Morgan fingerprint density at radius 1 is 1.58 bits per heavy atom. The molecule has 1 N–H and O–H groups in total. The van der Waals surface area contributed by atoms with Crippen molar-refractivity contribution < 1.29 is 9.53 Å². The molecule has 12 heavy (non-hydrogen) atoms. The van der Waals surface area contributed by atoms with E-state index in [0.717, 1.165) is 0 Å². The number of rotatable bonds is 3. The Balaban J connectivity index is 3.53. The minimum Gasteiger partial charge on any atom is -0.470 e. The zero-order valence-corrected chi connectivity index (χ0v) is 8.53. The summed E-state index contributed by atoms with van der Waals surface area (Å²) in [6, 6.07) is 0. The maximum atomic E-state index is 10.8. The summed E-state index contributed by atoms with van der Waals surface area (Å²) in [6.07, 6.45) is 0.422. The van der Waals surface area contributed by atoms with Gasteiger partial charge < -0.3 is 4.74 Å². The van der Waals surface area contributed by atoms with Gasteiger partial charge in [-0.15, -0.1) is 0 Å². The molecule has 3 nitrogen and oxygen atoms in total. The molecule has 0 radical (unpaired) electrons. The van der Waals surface area contributed by atoms with Crippen LogP contribution in [-0.2, 0) is 9.53 Å². The lowest BCUT2D eigenvalue weighted by atomic mass is 10.2. The zero-order chi connectivity index (χ0) is 9.56. The van der Waals surface area contributed by atoms with Crippen LogP contribution in [0.2, 0.25) is 0 Å². The predicted molar refractivity (Wildman–Crippen MR) is 51.8 cm³/mol. The first-order valence-corrected chi connectivity index (χ1v) is 4.43. The number of amides is 1. The number of thiocarbonyl (C=S) groups is 1. The van der Waals surface area contributed by atoms with Crippen LogP contribution < -0.4 is 5.32 Å². The Bertz CT molecular complexity index is 168. The van der Waals surface area contributed by atoms with Gasteiger partial charge in [-0.2, -0.15) is 0 Å². The molecule has 0 unspecified atom stereocenters. The van der Waals surface area contributed by atoms with Gasteiger partial charge in [0.1, 0.15) is 0 Å². The van der Waals surface area contributed by atoms with Crippen LogP contribution in [-0.4, -0.2) is 17.7 Å². The van der Waals surface area contributed by atoms with Crippen LogP contribution in [0.5, 0.6) is 0 Å². The number of carbonyl (C=O) groups excluding carboxylic acids is 1. The lowest BCUT2D eigenvalue weighted by molar-refractivity contribution is -0.119. The van der Waals surface area contributed by atoms with Crippen LogP contribution in [0.4, 0.5) is 0 Å². The van der Waals surface area contributed by atoms with Gasteiger partial charge in [-0.05, 0) is 18.1 Å². The Labute approximate surface area is 78.5 Å². The SMILES string of the molecule is CCC(=O)NC(=S)OCC(C)C. The summed E-state index contributed by atoms with van der Waals surface area (Å²) in [5.74, 6) is 0.310. The highest BCUT2D eigenvalue weighted by atomic mass is 32.1. The van der Waals surface area contributed by atoms with Crippen LogP contribution >= 0.6 is 12.2 Å². The molecule has 0 saturated carbocycles. The third-order valence-electron chi connectivity index (χ3n) is 1.11. The van der Waals surface area contributed by atoms with Gasteiger partial charge in [0.15, 0.2) is 0 Å². The molecule has 0 aliphatic heterocycles. The van der Waals surface area contributed by atoms with Crippen molar-refractivity contribution in [1.82, 2.24) is 5.32 Å². The topological polar surface area (TPSA) is 38.3 Å². The Morgan fingerprint density at radius 3 is 2.58 bits per heavy atom. The molecule has 0 aliphatic carbocycles. The van der Waals surface area contributed by atoms with E-state index in [-0.39, 0.29) is 11.1 Å². The van der Waals surface area contributed by atoms with Gasteiger partial charge in [-0.25, -0.2) is 0 Å². The number of carbonyl (C=O) groups is 1. The van der Waals surface area contributed by atoms with Crippen LogP contribution in [0.1, 0.15) is 27.2 Å². The van der Waals surface area contributed by atoms with Crippen molar-refractivity contribution >= 4 is 23.3 Å². The molecule has 0 aliphatic rings. The monoisotopic (exact) mass is 189 g/mol. The molecule has 0 atom stereocenters. The van der Waals surface area contributed by atoms with Crippen LogP contribution in [0.25, 0.3) is 0 Å². The van der Waals surface area contributed by atoms with Gasteiger partial charge in [0, 0.05) is 6.42 Å². The van der Waals surface area contributed by atoms with Crippen LogP contribution in [0.3, 0.4) is 0 Å². The van der Waals surface area contributed by atoms with Crippen molar-refractivity contribution in [3.05, 3.63) is 0 Å². The van der Waals surface area contributed by atoms with Gasteiger partial charge in [0.25, 0.3) is 5.17 Å². The summed E-state index contributed by atoms with van der Waals surface area (Å²) >= 11 is 4.76. The summed E-state index contributed by atoms with van der Waals surface area (Å²) in [5, 5.41) is 2.63. The Kier molecular flexibility index (Phi) is 5.62. The number of nitrogens with one attached hydrogen (secondary N) is 1. The van der Waals surface area contributed by atoms with E-state index in [1.165, 1.54) is 0 Å². The van der Waals surface area contributed by atoms with Crippen molar-refractivity contribution in [2.75, 3.05) is 6.61 Å².